The quantitative estimate of drug-likeness (QED) is 0.803. The van der Waals surface area contributed by atoms with Gasteiger partial charge in [-0.25, -0.2) is 0 Å². The van der Waals surface area contributed by atoms with E-state index in [0.717, 1.165) is 25.3 Å². The van der Waals surface area contributed by atoms with Gasteiger partial charge in [0.25, 0.3) is 0 Å². The van der Waals surface area contributed by atoms with E-state index in [2.05, 4.69) is 17.6 Å². The van der Waals surface area contributed by atoms with Gasteiger partial charge in [-0.1, -0.05) is 38.5 Å². The van der Waals surface area contributed by atoms with E-state index < -0.39 is 0 Å². The van der Waals surface area contributed by atoms with E-state index in [9.17, 15) is 4.79 Å². The summed E-state index contributed by atoms with van der Waals surface area (Å²) in [7, 11) is 0. The van der Waals surface area contributed by atoms with Crippen molar-refractivity contribution in [3.63, 3.8) is 0 Å². The molecule has 0 aromatic carbocycles. The number of hydrogen-bond donors (Lipinski definition) is 2. The maximum absolute atomic E-state index is 12.0. The summed E-state index contributed by atoms with van der Waals surface area (Å²) in [6.45, 7) is 3.24. The van der Waals surface area contributed by atoms with Crippen LogP contribution in [0.2, 0.25) is 0 Å². The second-order valence-corrected chi connectivity index (χ2v) is 6.46. The molecule has 0 radical (unpaired) electrons. The predicted molar refractivity (Wildman–Crippen MR) is 79.1 cm³/mol. The maximum atomic E-state index is 12.0. The zero-order valence-corrected chi connectivity index (χ0v) is 12.4. The highest BCUT2D eigenvalue weighted by Crippen LogP contribution is 2.27. The molecule has 1 saturated heterocycles. The molecule has 1 heterocycles. The Balaban J connectivity index is 1.62. The first-order valence-corrected chi connectivity index (χ1v) is 8.28. The van der Waals surface area contributed by atoms with Gasteiger partial charge in [0.1, 0.15) is 0 Å². The Bertz CT molecular complexity index is 268. The Morgan fingerprint density at radius 2 is 1.89 bits per heavy atom. The van der Waals surface area contributed by atoms with Crippen molar-refractivity contribution in [1.29, 1.82) is 0 Å². The summed E-state index contributed by atoms with van der Waals surface area (Å²) in [6.07, 6.45) is 12.4. The van der Waals surface area contributed by atoms with Crippen molar-refractivity contribution in [3.8, 4) is 0 Å². The summed E-state index contributed by atoms with van der Waals surface area (Å²) < 4.78 is 0. The average molecular weight is 266 g/mol. The van der Waals surface area contributed by atoms with Gasteiger partial charge in [-0.3, -0.25) is 4.79 Å². The molecule has 1 amide bonds. The lowest BCUT2D eigenvalue weighted by Gasteiger charge is -2.29. The van der Waals surface area contributed by atoms with Crippen LogP contribution in [-0.4, -0.2) is 24.5 Å². The molecule has 0 aromatic heterocycles. The second-order valence-electron chi connectivity index (χ2n) is 6.46. The highest BCUT2D eigenvalue weighted by molar-refractivity contribution is 5.76. The van der Waals surface area contributed by atoms with Gasteiger partial charge in [0.15, 0.2) is 0 Å². The Hall–Kier alpha value is -0.570. The fourth-order valence-corrected chi connectivity index (χ4v) is 3.54. The van der Waals surface area contributed by atoms with E-state index >= 15 is 0 Å². The van der Waals surface area contributed by atoms with Crippen molar-refractivity contribution >= 4 is 5.91 Å². The molecular formula is C16H30N2O. The number of rotatable bonds is 5. The van der Waals surface area contributed by atoms with Crippen molar-refractivity contribution in [2.75, 3.05) is 6.54 Å². The first-order valence-electron chi connectivity index (χ1n) is 8.28. The molecular weight excluding hydrogens is 236 g/mol. The molecule has 1 aliphatic carbocycles. The first kappa shape index (κ1) is 14.8. The fraction of sp³-hybridized carbons (Fsp3) is 0.938. The molecule has 0 bridgehead atoms. The standard InChI is InChI=1S/C16H30N2O/c1-13(15-9-5-6-12-17-15)18-16(19)11-10-14-7-3-2-4-8-14/h13-15,17H,2-12H2,1H3,(H,18,19). The van der Waals surface area contributed by atoms with Crippen LogP contribution in [0.25, 0.3) is 0 Å². The van der Waals surface area contributed by atoms with Gasteiger partial charge < -0.3 is 10.6 Å². The number of piperidine rings is 1. The van der Waals surface area contributed by atoms with Crippen LogP contribution in [0.1, 0.15) is 71.1 Å². The topological polar surface area (TPSA) is 41.1 Å². The summed E-state index contributed by atoms with van der Waals surface area (Å²) in [5.41, 5.74) is 0. The molecule has 0 spiro atoms. The molecule has 1 aliphatic heterocycles. The number of nitrogens with one attached hydrogen (secondary N) is 2. The molecule has 19 heavy (non-hydrogen) atoms. The van der Waals surface area contributed by atoms with Crippen molar-refractivity contribution in [2.45, 2.75) is 83.2 Å². The van der Waals surface area contributed by atoms with Crippen LogP contribution in [0.15, 0.2) is 0 Å². The number of amides is 1. The van der Waals surface area contributed by atoms with E-state index in [-0.39, 0.29) is 11.9 Å². The largest absolute Gasteiger partial charge is 0.352 e. The summed E-state index contributed by atoms with van der Waals surface area (Å²) in [5.74, 6) is 1.06. The number of carbonyl (C=O) groups excluding carboxylic acids is 1. The highest BCUT2D eigenvalue weighted by Gasteiger charge is 2.21. The van der Waals surface area contributed by atoms with Gasteiger partial charge in [0.05, 0.1) is 0 Å². The van der Waals surface area contributed by atoms with Gasteiger partial charge in [0.2, 0.25) is 5.91 Å². The molecule has 2 fully saturated rings. The zero-order chi connectivity index (χ0) is 13.5. The Labute approximate surface area is 117 Å². The Kier molecular flexibility index (Phi) is 6.15. The van der Waals surface area contributed by atoms with Gasteiger partial charge in [-0.15, -0.1) is 0 Å². The highest BCUT2D eigenvalue weighted by atomic mass is 16.1. The van der Waals surface area contributed by atoms with E-state index in [1.807, 2.05) is 0 Å². The Morgan fingerprint density at radius 3 is 2.58 bits per heavy atom. The van der Waals surface area contributed by atoms with Gasteiger partial charge in [-0.2, -0.15) is 0 Å². The summed E-state index contributed by atoms with van der Waals surface area (Å²) in [5, 5.41) is 6.70. The molecule has 1 saturated carbocycles. The number of carbonyl (C=O) groups is 1. The summed E-state index contributed by atoms with van der Waals surface area (Å²) in [4.78, 5) is 12.0. The lowest BCUT2D eigenvalue weighted by Crippen LogP contribution is -2.50. The minimum Gasteiger partial charge on any atom is -0.352 e. The monoisotopic (exact) mass is 266 g/mol. The molecule has 110 valence electrons. The van der Waals surface area contributed by atoms with Crippen LogP contribution in [-0.2, 0) is 4.79 Å². The molecule has 3 heteroatoms. The normalized spacial score (nSPS) is 26.9. The van der Waals surface area contributed by atoms with Crippen LogP contribution < -0.4 is 10.6 Å². The number of hydrogen-bond acceptors (Lipinski definition) is 2. The third kappa shape index (κ3) is 5.13. The molecule has 2 aliphatic rings. The van der Waals surface area contributed by atoms with Crippen LogP contribution in [0.4, 0.5) is 0 Å². The van der Waals surface area contributed by atoms with Crippen molar-refractivity contribution in [3.05, 3.63) is 0 Å². The Morgan fingerprint density at radius 1 is 1.16 bits per heavy atom. The van der Waals surface area contributed by atoms with Crippen LogP contribution in [0.5, 0.6) is 0 Å². The molecule has 0 aromatic rings. The van der Waals surface area contributed by atoms with E-state index in [1.165, 1.54) is 51.4 Å². The summed E-state index contributed by atoms with van der Waals surface area (Å²) in [6, 6.07) is 0.756. The second kappa shape index (κ2) is 7.88. The van der Waals surface area contributed by atoms with E-state index in [1.54, 1.807) is 0 Å². The van der Waals surface area contributed by atoms with Crippen LogP contribution in [0.3, 0.4) is 0 Å². The fourth-order valence-electron chi connectivity index (χ4n) is 3.54. The summed E-state index contributed by atoms with van der Waals surface area (Å²) >= 11 is 0. The van der Waals surface area contributed by atoms with Crippen molar-refractivity contribution < 1.29 is 4.79 Å². The van der Waals surface area contributed by atoms with Crippen molar-refractivity contribution in [2.24, 2.45) is 5.92 Å². The third-order valence-electron chi connectivity index (χ3n) is 4.85. The molecule has 2 atom stereocenters. The molecule has 2 unspecified atom stereocenters. The van der Waals surface area contributed by atoms with Crippen molar-refractivity contribution in [1.82, 2.24) is 10.6 Å². The predicted octanol–water partition coefficient (Wildman–Crippen LogP) is 2.99. The zero-order valence-electron chi connectivity index (χ0n) is 12.4. The SMILES string of the molecule is CC(NC(=O)CCC1CCCCC1)C1CCCCN1. The van der Waals surface area contributed by atoms with Gasteiger partial charge in [0, 0.05) is 18.5 Å². The van der Waals surface area contributed by atoms with E-state index in [0.29, 0.717) is 6.04 Å². The lowest BCUT2D eigenvalue weighted by atomic mass is 9.86. The van der Waals surface area contributed by atoms with Gasteiger partial charge >= 0.3 is 0 Å². The third-order valence-corrected chi connectivity index (χ3v) is 4.85. The lowest BCUT2D eigenvalue weighted by molar-refractivity contribution is -0.122. The minimum atomic E-state index is 0.255. The minimum absolute atomic E-state index is 0.255. The maximum Gasteiger partial charge on any atom is 0.220 e. The van der Waals surface area contributed by atoms with Crippen LogP contribution >= 0.6 is 0 Å². The molecule has 2 rings (SSSR count). The van der Waals surface area contributed by atoms with Crippen LogP contribution in [0, 0.1) is 5.92 Å². The van der Waals surface area contributed by atoms with Gasteiger partial charge in [-0.05, 0) is 38.6 Å². The smallest absolute Gasteiger partial charge is 0.220 e. The first-order chi connectivity index (χ1) is 9.25. The molecule has 3 nitrogen and oxygen atoms in total. The average Bonchev–Trinajstić information content (AvgIpc) is 2.47. The molecule has 2 N–H and O–H groups in total. The van der Waals surface area contributed by atoms with E-state index in [4.69, 9.17) is 0 Å².